The van der Waals surface area contributed by atoms with Crippen molar-refractivity contribution in [3.05, 3.63) is 42.1 Å². The number of aromatic amines is 1. The number of nitrogens with zero attached hydrogens (tertiary/aromatic N) is 2. The van der Waals surface area contributed by atoms with E-state index in [1.54, 1.807) is 12.4 Å². The van der Waals surface area contributed by atoms with Crippen molar-refractivity contribution in [3.63, 3.8) is 0 Å². The van der Waals surface area contributed by atoms with Gasteiger partial charge in [0.05, 0.1) is 6.54 Å². The van der Waals surface area contributed by atoms with Gasteiger partial charge in [-0.1, -0.05) is 6.07 Å². The Morgan fingerprint density at radius 3 is 3.07 bits per heavy atom. The van der Waals surface area contributed by atoms with Crippen molar-refractivity contribution < 1.29 is 0 Å². The van der Waals surface area contributed by atoms with Crippen LogP contribution in [0.15, 0.2) is 30.6 Å². The van der Waals surface area contributed by atoms with Gasteiger partial charge in [-0.25, -0.2) is 9.97 Å². The molecule has 2 heterocycles. The molecule has 0 amide bonds. The SMILES string of the molecule is Cc1cccc(NCc2ncc[nH]2)n1. The second-order valence-corrected chi connectivity index (χ2v) is 3.05. The van der Waals surface area contributed by atoms with E-state index in [9.17, 15) is 0 Å². The van der Waals surface area contributed by atoms with E-state index in [1.807, 2.05) is 25.1 Å². The molecule has 0 unspecified atom stereocenters. The fourth-order valence-corrected chi connectivity index (χ4v) is 1.21. The Hall–Kier alpha value is -1.84. The van der Waals surface area contributed by atoms with Gasteiger partial charge in [0.1, 0.15) is 11.6 Å². The zero-order valence-corrected chi connectivity index (χ0v) is 7.99. The third-order valence-corrected chi connectivity index (χ3v) is 1.88. The number of imidazole rings is 1. The molecule has 0 aliphatic carbocycles. The average molecular weight is 188 g/mol. The van der Waals surface area contributed by atoms with E-state index in [0.717, 1.165) is 17.3 Å². The first kappa shape index (κ1) is 8.74. The van der Waals surface area contributed by atoms with Crippen molar-refractivity contribution in [3.8, 4) is 0 Å². The molecule has 0 radical (unpaired) electrons. The summed E-state index contributed by atoms with van der Waals surface area (Å²) in [4.78, 5) is 11.4. The smallest absolute Gasteiger partial charge is 0.126 e. The lowest BCUT2D eigenvalue weighted by Gasteiger charge is -2.03. The summed E-state index contributed by atoms with van der Waals surface area (Å²) in [5, 5.41) is 3.18. The van der Waals surface area contributed by atoms with Crippen molar-refractivity contribution in [2.45, 2.75) is 13.5 Å². The number of rotatable bonds is 3. The first-order chi connectivity index (χ1) is 6.84. The molecule has 0 spiro atoms. The van der Waals surface area contributed by atoms with Crippen LogP contribution in [-0.2, 0) is 6.54 Å². The molecule has 2 aromatic rings. The van der Waals surface area contributed by atoms with Gasteiger partial charge in [-0.15, -0.1) is 0 Å². The summed E-state index contributed by atoms with van der Waals surface area (Å²) < 4.78 is 0. The Morgan fingerprint density at radius 1 is 1.43 bits per heavy atom. The Balaban J connectivity index is 1.98. The van der Waals surface area contributed by atoms with Crippen LogP contribution in [0.1, 0.15) is 11.5 Å². The normalized spacial score (nSPS) is 10.1. The van der Waals surface area contributed by atoms with Gasteiger partial charge in [-0.05, 0) is 19.1 Å². The van der Waals surface area contributed by atoms with Crippen LogP contribution in [0, 0.1) is 6.92 Å². The van der Waals surface area contributed by atoms with E-state index in [1.165, 1.54) is 0 Å². The highest BCUT2D eigenvalue weighted by Gasteiger charge is 1.95. The van der Waals surface area contributed by atoms with Gasteiger partial charge in [-0.2, -0.15) is 0 Å². The van der Waals surface area contributed by atoms with Crippen LogP contribution in [0.5, 0.6) is 0 Å². The van der Waals surface area contributed by atoms with Gasteiger partial charge in [-0.3, -0.25) is 0 Å². The zero-order chi connectivity index (χ0) is 9.80. The predicted octanol–water partition coefficient (Wildman–Crippen LogP) is 1.73. The van der Waals surface area contributed by atoms with Gasteiger partial charge >= 0.3 is 0 Å². The number of H-pyrrole nitrogens is 1. The quantitative estimate of drug-likeness (QED) is 0.771. The standard InChI is InChI=1S/C10H12N4/c1-8-3-2-4-9(14-8)13-7-10-11-5-6-12-10/h2-6H,7H2,1H3,(H,11,12)(H,13,14). The predicted molar refractivity (Wildman–Crippen MR) is 54.9 cm³/mol. The lowest BCUT2D eigenvalue weighted by atomic mass is 10.4. The van der Waals surface area contributed by atoms with Gasteiger partial charge < -0.3 is 10.3 Å². The van der Waals surface area contributed by atoms with Gasteiger partial charge in [0.15, 0.2) is 0 Å². The number of pyridine rings is 1. The Kier molecular flexibility index (Phi) is 2.44. The highest BCUT2D eigenvalue weighted by Crippen LogP contribution is 2.04. The summed E-state index contributed by atoms with van der Waals surface area (Å²) in [6, 6.07) is 5.89. The summed E-state index contributed by atoms with van der Waals surface area (Å²) in [5.41, 5.74) is 1.01. The summed E-state index contributed by atoms with van der Waals surface area (Å²) in [6.07, 6.45) is 3.54. The molecule has 0 fully saturated rings. The topological polar surface area (TPSA) is 53.6 Å². The van der Waals surface area contributed by atoms with E-state index in [2.05, 4.69) is 20.3 Å². The molecule has 2 rings (SSSR count). The first-order valence-electron chi connectivity index (χ1n) is 4.50. The van der Waals surface area contributed by atoms with Crippen molar-refractivity contribution in [1.82, 2.24) is 15.0 Å². The van der Waals surface area contributed by atoms with E-state index < -0.39 is 0 Å². The Labute approximate surface area is 82.4 Å². The molecule has 0 aromatic carbocycles. The number of hydrogen-bond donors (Lipinski definition) is 2. The minimum Gasteiger partial charge on any atom is -0.363 e. The van der Waals surface area contributed by atoms with Crippen molar-refractivity contribution in [2.75, 3.05) is 5.32 Å². The zero-order valence-electron chi connectivity index (χ0n) is 7.99. The largest absolute Gasteiger partial charge is 0.363 e. The van der Waals surface area contributed by atoms with Crippen molar-refractivity contribution >= 4 is 5.82 Å². The van der Waals surface area contributed by atoms with Crippen molar-refractivity contribution in [2.24, 2.45) is 0 Å². The summed E-state index contributed by atoms with van der Waals surface area (Å²) in [5.74, 6) is 1.79. The molecule has 72 valence electrons. The fourth-order valence-electron chi connectivity index (χ4n) is 1.21. The lowest BCUT2D eigenvalue weighted by molar-refractivity contribution is 0.984. The molecular formula is C10H12N4. The third-order valence-electron chi connectivity index (χ3n) is 1.88. The molecule has 0 aliphatic rings. The third kappa shape index (κ3) is 2.10. The first-order valence-corrected chi connectivity index (χ1v) is 4.50. The molecule has 0 saturated carbocycles. The minimum absolute atomic E-state index is 0.670. The molecular weight excluding hydrogens is 176 g/mol. The Morgan fingerprint density at radius 2 is 2.36 bits per heavy atom. The number of hydrogen-bond acceptors (Lipinski definition) is 3. The number of aryl methyl sites for hydroxylation is 1. The van der Waals surface area contributed by atoms with E-state index in [4.69, 9.17) is 0 Å². The van der Waals surface area contributed by atoms with Crippen LogP contribution in [0.2, 0.25) is 0 Å². The van der Waals surface area contributed by atoms with Crippen LogP contribution in [0.4, 0.5) is 5.82 Å². The maximum Gasteiger partial charge on any atom is 0.126 e. The summed E-state index contributed by atoms with van der Waals surface area (Å²) in [7, 11) is 0. The van der Waals surface area contributed by atoms with E-state index in [0.29, 0.717) is 6.54 Å². The molecule has 4 nitrogen and oxygen atoms in total. The average Bonchev–Trinajstić information content (AvgIpc) is 2.67. The van der Waals surface area contributed by atoms with Crippen LogP contribution in [-0.4, -0.2) is 15.0 Å². The van der Waals surface area contributed by atoms with Gasteiger partial charge in [0.2, 0.25) is 0 Å². The minimum atomic E-state index is 0.670. The van der Waals surface area contributed by atoms with Crippen LogP contribution < -0.4 is 5.32 Å². The number of nitrogens with one attached hydrogen (secondary N) is 2. The summed E-state index contributed by atoms with van der Waals surface area (Å²) >= 11 is 0. The van der Waals surface area contributed by atoms with Gasteiger partial charge in [0.25, 0.3) is 0 Å². The molecule has 2 aromatic heterocycles. The molecule has 14 heavy (non-hydrogen) atoms. The molecule has 0 bridgehead atoms. The summed E-state index contributed by atoms with van der Waals surface area (Å²) in [6.45, 7) is 2.64. The molecule has 4 heteroatoms. The van der Waals surface area contributed by atoms with Gasteiger partial charge in [0, 0.05) is 18.1 Å². The molecule has 0 atom stereocenters. The fraction of sp³-hybridized carbons (Fsp3) is 0.200. The highest BCUT2D eigenvalue weighted by atomic mass is 15.0. The lowest BCUT2D eigenvalue weighted by Crippen LogP contribution is -2.02. The maximum absolute atomic E-state index is 4.32. The van der Waals surface area contributed by atoms with Crippen LogP contribution >= 0.6 is 0 Å². The second kappa shape index (κ2) is 3.91. The number of aromatic nitrogens is 3. The highest BCUT2D eigenvalue weighted by molar-refractivity contribution is 5.35. The molecule has 0 saturated heterocycles. The van der Waals surface area contributed by atoms with E-state index >= 15 is 0 Å². The van der Waals surface area contributed by atoms with Crippen LogP contribution in [0.25, 0.3) is 0 Å². The second-order valence-electron chi connectivity index (χ2n) is 3.05. The monoisotopic (exact) mass is 188 g/mol. The Bertz CT molecular complexity index is 394. The molecule has 2 N–H and O–H groups in total. The van der Waals surface area contributed by atoms with Crippen molar-refractivity contribution in [1.29, 1.82) is 0 Å². The maximum atomic E-state index is 4.32. The molecule has 0 aliphatic heterocycles. The number of anilines is 1. The van der Waals surface area contributed by atoms with Crippen LogP contribution in [0.3, 0.4) is 0 Å². The van der Waals surface area contributed by atoms with E-state index in [-0.39, 0.29) is 0 Å².